The summed E-state index contributed by atoms with van der Waals surface area (Å²) in [6.07, 6.45) is -0.233. The number of nitrogens with zero attached hydrogens (tertiary/aromatic N) is 1. The summed E-state index contributed by atoms with van der Waals surface area (Å²) in [5.74, 6) is -0.715. The van der Waals surface area contributed by atoms with Crippen molar-refractivity contribution in [2.45, 2.75) is 26.0 Å². The highest BCUT2D eigenvalue weighted by atomic mass is 16.5. The van der Waals surface area contributed by atoms with Crippen molar-refractivity contribution in [3.8, 4) is 0 Å². The fraction of sp³-hybridized carbons (Fsp3) is 0.200. The normalized spacial score (nSPS) is 11.5. The van der Waals surface area contributed by atoms with Gasteiger partial charge in [0.15, 0.2) is 6.10 Å². The van der Waals surface area contributed by atoms with E-state index in [2.05, 4.69) is 0 Å². The number of hydrogen-bond donors (Lipinski definition) is 0. The second-order valence-corrected chi connectivity index (χ2v) is 7.05. The smallest absolute Gasteiger partial charge is 0.339 e. The van der Waals surface area contributed by atoms with Gasteiger partial charge in [-0.1, -0.05) is 78.9 Å². The van der Waals surface area contributed by atoms with Crippen LogP contribution >= 0.6 is 0 Å². The van der Waals surface area contributed by atoms with E-state index in [0.717, 1.165) is 16.7 Å². The molecule has 1 amide bonds. The summed E-state index contributed by atoms with van der Waals surface area (Å²) < 4.78 is 5.51. The first-order valence-electron chi connectivity index (χ1n) is 9.66. The molecule has 148 valence electrons. The van der Waals surface area contributed by atoms with Crippen LogP contribution in [0.25, 0.3) is 0 Å². The van der Waals surface area contributed by atoms with Gasteiger partial charge in [0, 0.05) is 13.6 Å². The largest absolute Gasteiger partial charge is 0.449 e. The Morgan fingerprint density at radius 3 is 2.03 bits per heavy atom. The molecule has 0 saturated heterocycles. The van der Waals surface area contributed by atoms with E-state index >= 15 is 0 Å². The van der Waals surface area contributed by atoms with Gasteiger partial charge in [0.1, 0.15) is 0 Å². The molecule has 3 aromatic rings. The minimum atomic E-state index is -0.860. The first-order valence-corrected chi connectivity index (χ1v) is 9.66. The van der Waals surface area contributed by atoms with Crippen molar-refractivity contribution >= 4 is 11.9 Å². The molecule has 4 heteroatoms. The maximum absolute atomic E-state index is 12.8. The van der Waals surface area contributed by atoms with Crippen LogP contribution in [0.1, 0.15) is 34.0 Å². The van der Waals surface area contributed by atoms with Gasteiger partial charge in [-0.05, 0) is 36.1 Å². The fourth-order valence-electron chi connectivity index (χ4n) is 3.21. The number of carbonyl (C=O) groups is 2. The van der Waals surface area contributed by atoms with Crippen LogP contribution < -0.4 is 0 Å². The number of carbonyl (C=O) groups excluding carboxylic acids is 2. The number of hydrogen-bond acceptors (Lipinski definition) is 3. The molecule has 29 heavy (non-hydrogen) atoms. The zero-order chi connectivity index (χ0) is 20.6. The number of likely N-dealkylation sites (N-methyl/N-ethyl adjacent to an activating group) is 1. The molecule has 0 spiro atoms. The van der Waals surface area contributed by atoms with Crippen molar-refractivity contribution < 1.29 is 14.3 Å². The van der Waals surface area contributed by atoms with Crippen molar-refractivity contribution in [3.63, 3.8) is 0 Å². The third-order valence-electron chi connectivity index (χ3n) is 4.75. The minimum Gasteiger partial charge on any atom is -0.449 e. The molecule has 3 aromatic carbocycles. The lowest BCUT2D eigenvalue weighted by molar-refractivity contribution is -0.139. The lowest BCUT2D eigenvalue weighted by atomic mass is 10.00. The van der Waals surface area contributed by atoms with Gasteiger partial charge in [-0.15, -0.1) is 0 Å². The molecular formula is C25H25NO3. The Morgan fingerprint density at radius 1 is 0.828 bits per heavy atom. The molecule has 0 aliphatic rings. The van der Waals surface area contributed by atoms with Crippen LogP contribution in [0, 0.1) is 0 Å². The Hall–Kier alpha value is -3.40. The van der Waals surface area contributed by atoms with Gasteiger partial charge in [-0.25, -0.2) is 4.79 Å². The van der Waals surface area contributed by atoms with Crippen LogP contribution in [-0.4, -0.2) is 29.9 Å². The summed E-state index contributed by atoms with van der Waals surface area (Å²) in [5, 5.41) is 0. The maximum atomic E-state index is 12.8. The number of ether oxygens (including phenoxy) is 1. The second-order valence-electron chi connectivity index (χ2n) is 7.05. The first kappa shape index (κ1) is 20.3. The Balaban J connectivity index is 1.66. The Bertz CT molecular complexity index is 954. The Morgan fingerprint density at radius 2 is 1.38 bits per heavy atom. The van der Waals surface area contributed by atoms with E-state index in [4.69, 9.17) is 4.74 Å². The highest BCUT2D eigenvalue weighted by Gasteiger charge is 2.23. The van der Waals surface area contributed by atoms with Gasteiger partial charge >= 0.3 is 5.97 Å². The van der Waals surface area contributed by atoms with E-state index < -0.39 is 12.1 Å². The van der Waals surface area contributed by atoms with Crippen LogP contribution in [0.4, 0.5) is 0 Å². The van der Waals surface area contributed by atoms with Crippen molar-refractivity contribution in [1.29, 1.82) is 0 Å². The molecular weight excluding hydrogens is 362 g/mol. The van der Waals surface area contributed by atoms with E-state index in [-0.39, 0.29) is 5.91 Å². The van der Waals surface area contributed by atoms with E-state index in [1.54, 1.807) is 31.0 Å². The third kappa shape index (κ3) is 5.55. The van der Waals surface area contributed by atoms with Crippen molar-refractivity contribution in [1.82, 2.24) is 4.90 Å². The Kier molecular flexibility index (Phi) is 6.80. The van der Waals surface area contributed by atoms with Crippen molar-refractivity contribution in [2.24, 2.45) is 0 Å². The predicted octanol–water partition coefficient (Wildman–Crippen LogP) is 4.48. The van der Waals surface area contributed by atoms with Gasteiger partial charge in [0.25, 0.3) is 5.91 Å². The molecule has 0 fully saturated rings. The molecule has 0 bridgehead atoms. The molecule has 0 N–H and O–H groups in total. The number of amides is 1. The monoisotopic (exact) mass is 387 g/mol. The molecule has 0 saturated carbocycles. The lowest BCUT2D eigenvalue weighted by Crippen LogP contribution is -2.37. The SMILES string of the molecule is C[C@@H](OC(=O)c1ccccc1Cc1ccccc1)C(=O)N(C)Cc1ccccc1. The van der Waals surface area contributed by atoms with Gasteiger partial charge in [-0.3, -0.25) is 4.79 Å². The second kappa shape index (κ2) is 9.69. The summed E-state index contributed by atoms with van der Waals surface area (Å²) in [5.41, 5.74) is 3.50. The molecule has 0 aromatic heterocycles. The summed E-state index contributed by atoms with van der Waals surface area (Å²) in [7, 11) is 1.71. The topological polar surface area (TPSA) is 46.6 Å². The van der Waals surface area contributed by atoms with Crippen LogP contribution in [-0.2, 0) is 22.5 Å². The van der Waals surface area contributed by atoms with Crippen LogP contribution in [0.15, 0.2) is 84.9 Å². The highest BCUT2D eigenvalue weighted by molar-refractivity contribution is 5.93. The quantitative estimate of drug-likeness (QED) is 0.562. The van der Waals surface area contributed by atoms with E-state index in [1.165, 1.54) is 0 Å². The van der Waals surface area contributed by atoms with Gasteiger partial charge < -0.3 is 9.64 Å². The molecule has 0 aliphatic heterocycles. The highest BCUT2D eigenvalue weighted by Crippen LogP contribution is 2.17. The summed E-state index contributed by atoms with van der Waals surface area (Å²) in [6.45, 7) is 2.08. The molecule has 4 nitrogen and oxygen atoms in total. The molecule has 1 atom stereocenters. The van der Waals surface area contributed by atoms with E-state index in [0.29, 0.717) is 18.5 Å². The van der Waals surface area contributed by atoms with Crippen molar-refractivity contribution in [2.75, 3.05) is 7.05 Å². The molecule has 0 radical (unpaired) electrons. The number of benzene rings is 3. The zero-order valence-electron chi connectivity index (χ0n) is 16.7. The fourth-order valence-corrected chi connectivity index (χ4v) is 3.21. The van der Waals surface area contributed by atoms with Crippen LogP contribution in [0.5, 0.6) is 0 Å². The average Bonchev–Trinajstić information content (AvgIpc) is 2.75. The summed E-state index contributed by atoms with van der Waals surface area (Å²) in [4.78, 5) is 27.0. The molecule has 0 unspecified atom stereocenters. The van der Waals surface area contributed by atoms with E-state index in [9.17, 15) is 9.59 Å². The summed E-state index contributed by atoms with van der Waals surface area (Å²) in [6, 6.07) is 27.0. The van der Waals surface area contributed by atoms with E-state index in [1.807, 2.05) is 72.8 Å². The van der Waals surface area contributed by atoms with Crippen LogP contribution in [0.2, 0.25) is 0 Å². The van der Waals surface area contributed by atoms with Crippen LogP contribution in [0.3, 0.4) is 0 Å². The zero-order valence-corrected chi connectivity index (χ0v) is 16.7. The number of esters is 1. The molecule has 3 rings (SSSR count). The standard InChI is InChI=1S/C25H25NO3/c1-19(24(27)26(2)18-21-13-7-4-8-14-21)29-25(28)23-16-10-9-15-22(23)17-20-11-5-3-6-12-20/h3-16,19H,17-18H2,1-2H3/t19-/m1/s1. The van der Waals surface area contributed by atoms with Gasteiger partial charge in [-0.2, -0.15) is 0 Å². The first-order chi connectivity index (χ1) is 14.0. The summed E-state index contributed by atoms with van der Waals surface area (Å²) >= 11 is 0. The average molecular weight is 387 g/mol. The lowest BCUT2D eigenvalue weighted by Gasteiger charge is -2.22. The predicted molar refractivity (Wildman–Crippen MR) is 113 cm³/mol. The molecule has 0 aliphatic carbocycles. The third-order valence-corrected chi connectivity index (χ3v) is 4.75. The number of rotatable bonds is 7. The molecule has 0 heterocycles. The minimum absolute atomic E-state index is 0.234. The van der Waals surface area contributed by atoms with Crippen molar-refractivity contribution in [3.05, 3.63) is 107 Å². The van der Waals surface area contributed by atoms with Gasteiger partial charge in [0.05, 0.1) is 5.56 Å². The maximum Gasteiger partial charge on any atom is 0.339 e. The Labute approximate surface area is 171 Å². The van der Waals surface area contributed by atoms with Gasteiger partial charge in [0.2, 0.25) is 0 Å².